The lowest BCUT2D eigenvalue weighted by Gasteiger charge is -1.97. The first kappa shape index (κ1) is 7.87. The fraction of sp³-hybridized carbons (Fsp3) is 0. The molecule has 0 atom stereocenters. The number of hydrogen-bond donors (Lipinski definition) is 3. The quantitative estimate of drug-likeness (QED) is 0.526. The standard InChI is InChI=1S/C6H6O4S/c7-4-2-1-3-5(8)6(4)11(9)10/h1-3,7-8,11H. The van der Waals surface area contributed by atoms with E-state index < -0.39 is 27.1 Å². The number of aromatic hydroxyl groups is 2. The number of rotatable bonds is 1. The van der Waals surface area contributed by atoms with E-state index in [1.807, 2.05) is 0 Å². The summed E-state index contributed by atoms with van der Waals surface area (Å²) in [7, 11) is -2.94. The Kier molecular flexibility index (Phi) is 2.00. The Morgan fingerprint density at radius 3 is 1.82 bits per heavy atom. The predicted octanol–water partition coefficient (Wildman–Crippen LogP) is 0.0681. The van der Waals surface area contributed by atoms with Crippen molar-refractivity contribution < 1.29 is 18.6 Å². The lowest BCUT2D eigenvalue weighted by Crippen LogP contribution is -1.81. The van der Waals surface area contributed by atoms with Crippen LogP contribution in [0.4, 0.5) is 0 Å². The highest BCUT2D eigenvalue weighted by Gasteiger charge is 2.07. The Hall–Kier alpha value is -1.23. The van der Waals surface area contributed by atoms with Gasteiger partial charge in [0.25, 0.3) is 0 Å². The summed E-state index contributed by atoms with van der Waals surface area (Å²) in [5.41, 5.74) is 0. The van der Waals surface area contributed by atoms with Crippen LogP contribution < -0.4 is 0 Å². The van der Waals surface area contributed by atoms with Gasteiger partial charge in [0.1, 0.15) is 16.4 Å². The van der Waals surface area contributed by atoms with Crippen LogP contribution in [0.15, 0.2) is 23.1 Å². The predicted molar refractivity (Wildman–Crippen MR) is 38.4 cm³/mol. The van der Waals surface area contributed by atoms with Crippen LogP contribution in [0.2, 0.25) is 0 Å². The maximum absolute atomic E-state index is 10.4. The van der Waals surface area contributed by atoms with E-state index in [1.165, 1.54) is 18.2 Å². The van der Waals surface area contributed by atoms with Crippen molar-refractivity contribution in [3.63, 3.8) is 0 Å². The van der Waals surface area contributed by atoms with E-state index in [0.29, 0.717) is 0 Å². The van der Waals surface area contributed by atoms with Gasteiger partial charge in [-0.15, -0.1) is 0 Å². The molecular formula is C6H6O4S. The summed E-state index contributed by atoms with van der Waals surface area (Å²) in [6, 6.07) is 3.74. The highest BCUT2D eigenvalue weighted by Crippen LogP contribution is 2.26. The van der Waals surface area contributed by atoms with E-state index in [9.17, 15) is 8.42 Å². The van der Waals surface area contributed by atoms with Gasteiger partial charge in [-0.3, -0.25) is 0 Å². The molecule has 5 heteroatoms. The second-order valence-electron chi connectivity index (χ2n) is 1.90. The molecule has 60 valence electrons. The largest absolute Gasteiger partial charge is 0.506 e. The smallest absolute Gasteiger partial charge is 0.175 e. The highest BCUT2D eigenvalue weighted by atomic mass is 32.2. The Morgan fingerprint density at radius 1 is 1.09 bits per heavy atom. The molecule has 0 aliphatic carbocycles. The summed E-state index contributed by atoms with van der Waals surface area (Å²) in [6.45, 7) is 0. The molecule has 11 heavy (non-hydrogen) atoms. The van der Waals surface area contributed by atoms with E-state index in [4.69, 9.17) is 10.2 Å². The molecule has 1 rings (SSSR count). The van der Waals surface area contributed by atoms with Gasteiger partial charge in [0.05, 0.1) is 0 Å². The zero-order valence-corrected chi connectivity index (χ0v) is 6.28. The SMILES string of the molecule is O=[SH](=O)c1c(O)cccc1O. The number of hydrogen-bond acceptors (Lipinski definition) is 4. The van der Waals surface area contributed by atoms with Crippen LogP contribution in [0.3, 0.4) is 0 Å². The molecule has 0 saturated heterocycles. The van der Waals surface area contributed by atoms with E-state index in [2.05, 4.69) is 0 Å². The molecule has 0 spiro atoms. The van der Waals surface area contributed by atoms with Gasteiger partial charge in [0, 0.05) is 0 Å². The number of phenols is 2. The molecule has 2 N–H and O–H groups in total. The molecule has 4 nitrogen and oxygen atoms in total. The lowest BCUT2D eigenvalue weighted by molar-refractivity contribution is 0.425. The second kappa shape index (κ2) is 2.79. The Labute approximate surface area is 64.7 Å². The fourth-order valence-corrected chi connectivity index (χ4v) is 1.23. The molecule has 0 radical (unpaired) electrons. The monoisotopic (exact) mass is 174 g/mol. The maximum atomic E-state index is 10.4. The summed E-state index contributed by atoms with van der Waals surface area (Å²) in [4.78, 5) is -0.428. The van der Waals surface area contributed by atoms with Crippen LogP contribution in [-0.4, -0.2) is 18.6 Å². The summed E-state index contributed by atoms with van der Waals surface area (Å²) in [6.07, 6.45) is 0. The topological polar surface area (TPSA) is 74.6 Å². The fourth-order valence-electron chi connectivity index (χ4n) is 0.707. The first-order valence-corrected chi connectivity index (χ1v) is 3.96. The Morgan fingerprint density at radius 2 is 1.55 bits per heavy atom. The van der Waals surface area contributed by atoms with Crippen LogP contribution in [0.5, 0.6) is 11.5 Å². The van der Waals surface area contributed by atoms with Gasteiger partial charge in [0.2, 0.25) is 0 Å². The molecule has 0 unspecified atom stereocenters. The van der Waals surface area contributed by atoms with E-state index in [1.54, 1.807) is 0 Å². The maximum Gasteiger partial charge on any atom is 0.175 e. The van der Waals surface area contributed by atoms with Crippen LogP contribution in [0.1, 0.15) is 0 Å². The van der Waals surface area contributed by atoms with Gasteiger partial charge >= 0.3 is 0 Å². The minimum Gasteiger partial charge on any atom is -0.506 e. The van der Waals surface area contributed by atoms with Crippen molar-refractivity contribution in [3.8, 4) is 11.5 Å². The Balaban J connectivity index is 3.44. The molecule has 0 amide bonds. The molecule has 1 aromatic rings. The summed E-state index contributed by atoms with van der Waals surface area (Å²) < 4.78 is 20.7. The number of phenolic OH excluding ortho intramolecular Hbond substituents is 2. The summed E-state index contributed by atoms with van der Waals surface area (Å²) in [5, 5.41) is 17.8. The number of benzene rings is 1. The van der Waals surface area contributed by atoms with Crippen LogP contribution in [0, 0.1) is 0 Å². The van der Waals surface area contributed by atoms with Crippen molar-refractivity contribution in [2.75, 3.05) is 0 Å². The van der Waals surface area contributed by atoms with Crippen molar-refractivity contribution in [1.82, 2.24) is 0 Å². The van der Waals surface area contributed by atoms with Crippen molar-refractivity contribution in [2.45, 2.75) is 4.90 Å². The van der Waals surface area contributed by atoms with Crippen molar-refractivity contribution in [2.24, 2.45) is 0 Å². The van der Waals surface area contributed by atoms with Gasteiger partial charge in [-0.25, -0.2) is 8.42 Å². The second-order valence-corrected chi connectivity index (χ2v) is 2.86. The lowest BCUT2D eigenvalue weighted by atomic mass is 10.3. The van der Waals surface area contributed by atoms with Gasteiger partial charge in [-0.05, 0) is 12.1 Å². The van der Waals surface area contributed by atoms with Gasteiger partial charge in [-0.2, -0.15) is 0 Å². The number of thiol groups is 1. The Bertz CT molecular complexity index is 314. The third-order valence-electron chi connectivity index (χ3n) is 1.18. The van der Waals surface area contributed by atoms with Crippen molar-refractivity contribution in [3.05, 3.63) is 18.2 Å². The zero-order valence-electron chi connectivity index (χ0n) is 5.39. The van der Waals surface area contributed by atoms with E-state index in [-0.39, 0.29) is 0 Å². The minimum absolute atomic E-state index is 0.428. The first-order valence-electron chi connectivity index (χ1n) is 2.78. The normalized spacial score (nSPS) is 10.3. The third kappa shape index (κ3) is 1.43. The first-order chi connectivity index (χ1) is 5.13. The molecule has 0 aromatic heterocycles. The van der Waals surface area contributed by atoms with Gasteiger partial charge < -0.3 is 10.2 Å². The summed E-state index contributed by atoms with van der Waals surface area (Å²) in [5.74, 6) is -0.859. The third-order valence-corrected chi connectivity index (χ3v) is 2.00. The molecule has 0 saturated carbocycles. The minimum atomic E-state index is -2.94. The molecule has 0 bridgehead atoms. The van der Waals surface area contributed by atoms with Crippen LogP contribution in [0.25, 0.3) is 0 Å². The van der Waals surface area contributed by atoms with E-state index in [0.717, 1.165) is 0 Å². The van der Waals surface area contributed by atoms with Crippen molar-refractivity contribution >= 4 is 10.7 Å². The molecule has 1 aromatic carbocycles. The molecule has 0 aliphatic rings. The average molecular weight is 174 g/mol. The van der Waals surface area contributed by atoms with E-state index >= 15 is 0 Å². The molecular weight excluding hydrogens is 168 g/mol. The van der Waals surface area contributed by atoms with Crippen LogP contribution in [-0.2, 0) is 10.7 Å². The molecule has 0 fully saturated rings. The molecule has 0 aliphatic heterocycles. The molecule has 0 heterocycles. The highest BCUT2D eigenvalue weighted by molar-refractivity contribution is 7.72. The average Bonchev–Trinajstić information content (AvgIpc) is 1.85. The van der Waals surface area contributed by atoms with Gasteiger partial charge in [0.15, 0.2) is 10.7 Å². The van der Waals surface area contributed by atoms with Crippen LogP contribution >= 0.6 is 0 Å². The van der Waals surface area contributed by atoms with Gasteiger partial charge in [-0.1, -0.05) is 6.07 Å². The zero-order chi connectivity index (χ0) is 8.43. The summed E-state index contributed by atoms with van der Waals surface area (Å²) >= 11 is 0. The van der Waals surface area contributed by atoms with Crippen molar-refractivity contribution in [1.29, 1.82) is 0 Å².